The minimum atomic E-state index is 0.260. The quantitative estimate of drug-likeness (QED) is 0.924. The van der Waals surface area contributed by atoms with Crippen molar-refractivity contribution in [3.63, 3.8) is 0 Å². The molecule has 2 aliphatic heterocycles. The van der Waals surface area contributed by atoms with Gasteiger partial charge in [0.15, 0.2) is 0 Å². The third kappa shape index (κ3) is 3.05. The zero-order valence-electron chi connectivity index (χ0n) is 12.9. The number of nitrogens with one attached hydrogen (secondary N) is 1. The second-order valence-electron chi connectivity index (χ2n) is 6.10. The number of piperidine rings is 1. The van der Waals surface area contributed by atoms with Crippen LogP contribution in [0.25, 0.3) is 0 Å². The molecular weight excluding hydrogens is 264 g/mol. The summed E-state index contributed by atoms with van der Waals surface area (Å²) in [6.07, 6.45) is 3.66. The first-order valence-electron chi connectivity index (χ1n) is 7.93. The highest BCUT2D eigenvalue weighted by Crippen LogP contribution is 2.29. The van der Waals surface area contributed by atoms with Crippen molar-refractivity contribution in [3.8, 4) is 5.75 Å². The van der Waals surface area contributed by atoms with Crippen molar-refractivity contribution < 1.29 is 9.53 Å². The minimum Gasteiger partial charge on any atom is -0.493 e. The van der Waals surface area contributed by atoms with E-state index in [4.69, 9.17) is 4.74 Å². The van der Waals surface area contributed by atoms with Gasteiger partial charge in [0.25, 0.3) is 0 Å². The summed E-state index contributed by atoms with van der Waals surface area (Å²) in [5.74, 6) is 1.30. The fourth-order valence-electron chi connectivity index (χ4n) is 3.31. The molecule has 1 N–H and O–H groups in total. The van der Waals surface area contributed by atoms with Crippen molar-refractivity contribution in [3.05, 3.63) is 29.3 Å². The number of carbonyl (C=O) groups excluding carboxylic acids is 1. The van der Waals surface area contributed by atoms with Crippen LogP contribution >= 0.6 is 0 Å². The first-order valence-corrected chi connectivity index (χ1v) is 7.93. The van der Waals surface area contributed by atoms with E-state index >= 15 is 0 Å². The van der Waals surface area contributed by atoms with Gasteiger partial charge in [-0.25, -0.2) is 0 Å². The Morgan fingerprint density at radius 3 is 3.05 bits per heavy atom. The second kappa shape index (κ2) is 6.06. The molecule has 1 aromatic carbocycles. The second-order valence-corrected chi connectivity index (χ2v) is 6.10. The molecule has 2 atom stereocenters. The van der Waals surface area contributed by atoms with Gasteiger partial charge in [0.05, 0.1) is 6.61 Å². The maximum Gasteiger partial charge on any atom is 0.222 e. The smallest absolute Gasteiger partial charge is 0.222 e. The lowest BCUT2D eigenvalue weighted by molar-refractivity contribution is -0.132. The molecule has 114 valence electrons. The Morgan fingerprint density at radius 2 is 2.29 bits per heavy atom. The molecule has 21 heavy (non-hydrogen) atoms. The first-order chi connectivity index (χ1) is 10.2. The predicted molar refractivity (Wildman–Crippen MR) is 82.5 cm³/mol. The zero-order chi connectivity index (χ0) is 14.8. The van der Waals surface area contributed by atoms with Crippen LogP contribution in [0.5, 0.6) is 5.75 Å². The van der Waals surface area contributed by atoms with Gasteiger partial charge in [0.1, 0.15) is 5.75 Å². The van der Waals surface area contributed by atoms with Gasteiger partial charge in [-0.05, 0) is 30.0 Å². The Bertz CT molecular complexity index is 530. The predicted octanol–water partition coefficient (Wildman–Crippen LogP) is 2.28. The first kappa shape index (κ1) is 14.4. The highest BCUT2D eigenvalue weighted by atomic mass is 16.5. The highest BCUT2D eigenvalue weighted by Gasteiger charge is 2.25. The van der Waals surface area contributed by atoms with Crippen LogP contribution in [0.2, 0.25) is 0 Å². The number of hydrogen-bond donors (Lipinski definition) is 1. The normalized spacial score (nSPS) is 22.9. The van der Waals surface area contributed by atoms with E-state index in [1.54, 1.807) is 0 Å². The van der Waals surface area contributed by atoms with Crippen LogP contribution in [-0.2, 0) is 11.2 Å². The van der Waals surface area contributed by atoms with Gasteiger partial charge in [-0.2, -0.15) is 0 Å². The lowest BCUT2D eigenvalue weighted by Gasteiger charge is -2.33. The van der Waals surface area contributed by atoms with Crippen LogP contribution in [0.15, 0.2) is 18.2 Å². The van der Waals surface area contributed by atoms with Gasteiger partial charge in [0.2, 0.25) is 5.91 Å². The highest BCUT2D eigenvalue weighted by molar-refractivity contribution is 5.76. The van der Waals surface area contributed by atoms with Crippen LogP contribution in [-0.4, -0.2) is 37.0 Å². The molecule has 3 rings (SSSR count). The molecule has 2 heterocycles. The minimum absolute atomic E-state index is 0.260. The Hall–Kier alpha value is -1.55. The molecule has 2 unspecified atom stereocenters. The van der Waals surface area contributed by atoms with Gasteiger partial charge in [0, 0.05) is 38.5 Å². The van der Waals surface area contributed by atoms with Crippen molar-refractivity contribution in [1.29, 1.82) is 0 Å². The van der Waals surface area contributed by atoms with Crippen molar-refractivity contribution in [2.75, 3.05) is 20.2 Å². The summed E-state index contributed by atoms with van der Waals surface area (Å²) in [5.41, 5.74) is 2.66. The number of likely N-dealkylation sites (N-methyl/N-ethyl adjacent to an activating group) is 1. The molecule has 4 heteroatoms. The number of amides is 1. The van der Waals surface area contributed by atoms with Gasteiger partial charge in [-0.15, -0.1) is 0 Å². The van der Waals surface area contributed by atoms with Crippen LogP contribution < -0.4 is 10.1 Å². The van der Waals surface area contributed by atoms with Crippen molar-refractivity contribution >= 4 is 5.91 Å². The van der Waals surface area contributed by atoms with E-state index in [1.807, 2.05) is 11.9 Å². The number of benzene rings is 1. The van der Waals surface area contributed by atoms with Crippen LogP contribution in [0.1, 0.15) is 43.4 Å². The molecule has 1 fully saturated rings. The summed E-state index contributed by atoms with van der Waals surface area (Å²) in [4.78, 5) is 13.4. The molecule has 0 aromatic heterocycles. The number of fused-ring (bicyclic) bond motifs is 1. The van der Waals surface area contributed by atoms with E-state index in [0.717, 1.165) is 38.2 Å². The van der Waals surface area contributed by atoms with E-state index < -0.39 is 0 Å². The zero-order valence-corrected chi connectivity index (χ0v) is 12.9. The fraction of sp³-hybridized carbons (Fsp3) is 0.588. The molecule has 0 aliphatic carbocycles. The molecule has 2 aliphatic rings. The van der Waals surface area contributed by atoms with Crippen molar-refractivity contribution in [1.82, 2.24) is 10.2 Å². The maximum absolute atomic E-state index is 11.6. The molecule has 1 amide bonds. The monoisotopic (exact) mass is 288 g/mol. The van der Waals surface area contributed by atoms with E-state index in [1.165, 1.54) is 11.1 Å². The van der Waals surface area contributed by atoms with E-state index in [2.05, 4.69) is 30.4 Å². The topological polar surface area (TPSA) is 41.6 Å². The lowest BCUT2D eigenvalue weighted by atomic mass is 9.98. The van der Waals surface area contributed by atoms with Crippen molar-refractivity contribution in [2.24, 2.45) is 0 Å². The maximum atomic E-state index is 11.6. The van der Waals surface area contributed by atoms with E-state index in [9.17, 15) is 4.79 Å². The standard InChI is InChI=1S/C17H24N2O2/c1-3-15(18-14-5-7-17(20)19(2)11-14)12-4-6-16-13(10-12)8-9-21-16/h4,6,10,14-15,18H,3,5,7-9,11H2,1-2H3. The van der Waals surface area contributed by atoms with Gasteiger partial charge in [-0.3, -0.25) is 4.79 Å². The molecular formula is C17H24N2O2. The molecule has 0 saturated carbocycles. The number of carbonyl (C=O) groups is 1. The SMILES string of the molecule is CCC(NC1CCC(=O)N(C)C1)c1ccc2c(c1)CCO2. The van der Waals surface area contributed by atoms with Gasteiger partial charge in [-0.1, -0.05) is 19.1 Å². The summed E-state index contributed by atoms with van der Waals surface area (Å²) in [5, 5.41) is 3.73. The number of ether oxygens (including phenoxy) is 1. The van der Waals surface area contributed by atoms with Crippen molar-refractivity contribution in [2.45, 2.75) is 44.7 Å². The number of nitrogens with zero attached hydrogens (tertiary/aromatic N) is 1. The van der Waals surface area contributed by atoms with E-state index in [0.29, 0.717) is 18.5 Å². The Balaban J connectivity index is 1.69. The number of rotatable bonds is 4. The molecule has 1 saturated heterocycles. The van der Waals surface area contributed by atoms with Crippen LogP contribution in [0.3, 0.4) is 0 Å². The Labute approximate surface area is 126 Å². The molecule has 0 spiro atoms. The van der Waals surface area contributed by atoms with Crippen LogP contribution in [0, 0.1) is 0 Å². The number of likely N-dealkylation sites (tertiary alicyclic amines) is 1. The summed E-state index contributed by atoms with van der Waals surface area (Å²) < 4.78 is 5.58. The summed E-state index contributed by atoms with van der Waals surface area (Å²) in [6.45, 7) is 3.82. The molecule has 4 nitrogen and oxygen atoms in total. The van der Waals surface area contributed by atoms with Gasteiger partial charge < -0.3 is 15.0 Å². The Kier molecular flexibility index (Phi) is 4.15. The van der Waals surface area contributed by atoms with Crippen LogP contribution in [0.4, 0.5) is 0 Å². The number of hydrogen-bond acceptors (Lipinski definition) is 3. The summed E-state index contributed by atoms with van der Waals surface area (Å²) in [6, 6.07) is 7.28. The molecule has 1 aromatic rings. The van der Waals surface area contributed by atoms with Gasteiger partial charge >= 0.3 is 0 Å². The molecule has 0 bridgehead atoms. The third-order valence-electron chi connectivity index (χ3n) is 4.59. The Morgan fingerprint density at radius 1 is 1.43 bits per heavy atom. The molecule has 0 radical (unpaired) electrons. The average molecular weight is 288 g/mol. The van der Waals surface area contributed by atoms with E-state index in [-0.39, 0.29) is 5.91 Å². The lowest BCUT2D eigenvalue weighted by Crippen LogP contribution is -2.47. The summed E-state index contributed by atoms with van der Waals surface area (Å²) in [7, 11) is 1.89. The average Bonchev–Trinajstić information content (AvgIpc) is 2.95. The third-order valence-corrected chi connectivity index (χ3v) is 4.59. The summed E-state index contributed by atoms with van der Waals surface area (Å²) >= 11 is 0. The fourth-order valence-corrected chi connectivity index (χ4v) is 3.31. The largest absolute Gasteiger partial charge is 0.493 e.